The van der Waals surface area contributed by atoms with Crippen molar-refractivity contribution in [3.8, 4) is 0 Å². The van der Waals surface area contributed by atoms with E-state index in [-0.39, 0.29) is 22.4 Å². The highest BCUT2D eigenvalue weighted by molar-refractivity contribution is 5.16. The van der Waals surface area contributed by atoms with Crippen molar-refractivity contribution in [2.24, 2.45) is 0 Å². The molecule has 0 aliphatic carbocycles. The molecule has 228 valence electrons. The molecule has 0 bridgehead atoms. The lowest BCUT2D eigenvalue weighted by Gasteiger charge is -2.68. The van der Waals surface area contributed by atoms with E-state index < -0.39 is 0 Å². The van der Waals surface area contributed by atoms with Crippen molar-refractivity contribution in [3.63, 3.8) is 0 Å². The molecule has 38 heavy (non-hydrogen) atoms. The van der Waals surface area contributed by atoms with E-state index >= 15 is 0 Å². The summed E-state index contributed by atoms with van der Waals surface area (Å²) in [5, 5.41) is 0. The SMILES string of the molecule is CCCCC1(CCCC)OC(CCCC)(CCCC)C(CCCC)(CCCC)OC1(CCCC)CCCC. The van der Waals surface area contributed by atoms with Gasteiger partial charge in [0.2, 0.25) is 0 Å². The monoisotopic (exact) mass is 537 g/mol. The van der Waals surface area contributed by atoms with Crippen molar-refractivity contribution in [3.05, 3.63) is 0 Å². The Bertz CT molecular complexity index is 438. The Labute approximate surface area is 241 Å². The van der Waals surface area contributed by atoms with Crippen LogP contribution < -0.4 is 0 Å². The number of unbranched alkanes of at least 4 members (excludes halogenated alkanes) is 8. The summed E-state index contributed by atoms with van der Waals surface area (Å²) < 4.78 is 16.3. The molecule has 0 amide bonds. The predicted molar refractivity (Wildman–Crippen MR) is 169 cm³/mol. The second kappa shape index (κ2) is 19.1. The number of hydrogen-bond donors (Lipinski definition) is 0. The summed E-state index contributed by atoms with van der Waals surface area (Å²) in [7, 11) is 0. The third-order valence-corrected chi connectivity index (χ3v) is 9.92. The number of rotatable bonds is 24. The quantitative estimate of drug-likeness (QED) is 0.122. The van der Waals surface area contributed by atoms with Crippen LogP contribution in [0.1, 0.15) is 209 Å². The van der Waals surface area contributed by atoms with Gasteiger partial charge in [0, 0.05) is 0 Å². The zero-order valence-corrected chi connectivity index (χ0v) is 27.8. The Balaban J connectivity index is 3.98. The Kier molecular flexibility index (Phi) is 18.1. The molecule has 1 heterocycles. The molecule has 0 spiro atoms. The molecular formula is C36H72O2. The maximum absolute atomic E-state index is 8.17. The summed E-state index contributed by atoms with van der Waals surface area (Å²) in [6.07, 6.45) is 29.3. The molecular weight excluding hydrogens is 464 g/mol. The maximum Gasteiger partial charge on any atom is 0.0980 e. The fraction of sp³-hybridized carbons (Fsp3) is 1.00. The topological polar surface area (TPSA) is 18.5 Å². The third-order valence-electron chi connectivity index (χ3n) is 9.92. The average molecular weight is 537 g/mol. The first-order chi connectivity index (χ1) is 18.4. The normalized spacial score (nSPS) is 19.6. The van der Waals surface area contributed by atoms with Crippen molar-refractivity contribution in [1.29, 1.82) is 0 Å². The van der Waals surface area contributed by atoms with Crippen molar-refractivity contribution >= 4 is 0 Å². The van der Waals surface area contributed by atoms with E-state index in [1.54, 1.807) is 0 Å². The molecule has 0 radical (unpaired) electrons. The molecule has 2 nitrogen and oxygen atoms in total. The predicted octanol–water partition coefficient (Wildman–Crippen LogP) is 12.5. The van der Waals surface area contributed by atoms with Gasteiger partial charge in [0.1, 0.15) is 0 Å². The highest BCUT2D eigenvalue weighted by atomic mass is 16.6. The second-order valence-corrected chi connectivity index (χ2v) is 13.0. The zero-order valence-electron chi connectivity index (χ0n) is 27.8. The average Bonchev–Trinajstić information content (AvgIpc) is 2.94. The molecule has 2 heteroatoms. The van der Waals surface area contributed by atoms with Gasteiger partial charge < -0.3 is 9.47 Å². The lowest BCUT2D eigenvalue weighted by atomic mass is 9.62. The molecule has 0 aromatic heterocycles. The summed E-state index contributed by atoms with van der Waals surface area (Å²) in [6.45, 7) is 18.9. The Hall–Kier alpha value is -0.0800. The van der Waals surface area contributed by atoms with Crippen molar-refractivity contribution in [2.75, 3.05) is 0 Å². The standard InChI is InChI=1S/C36H72O2/c1-9-17-25-33(26-18-10-2)34(27-19-11-3,28-20-12-4)38-36(31-23-15-7,32-24-16-8)35(37-33,29-21-13-5)30-22-14-6/h9-32H2,1-8H3. The Morgan fingerprint density at radius 3 is 0.500 bits per heavy atom. The van der Waals surface area contributed by atoms with Gasteiger partial charge in [-0.05, 0) is 51.4 Å². The zero-order chi connectivity index (χ0) is 28.4. The van der Waals surface area contributed by atoms with Crippen LogP contribution in [-0.2, 0) is 9.47 Å². The van der Waals surface area contributed by atoms with Gasteiger partial charge in [-0.2, -0.15) is 0 Å². The molecule has 1 saturated heterocycles. The smallest absolute Gasteiger partial charge is 0.0980 e. The minimum Gasteiger partial charge on any atom is -0.363 e. The van der Waals surface area contributed by atoms with Crippen LogP contribution in [0.3, 0.4) is 0 Å². The van der Waals surface area contributed by atoms with Gasteiger partial charge in [-0.3, -0.25) is 0 Å². The highest BCUT2D eigenvalue weighted by Gasteiger charge is 2.67. The van der Waals surface area contributed by atoms with E-state index in [2.05, 4.69) is 55.4 Å². The summed E-state index contributed by atoms with van der Waals surface area (Å²) in [4.78, 5) is 0. The van der Waals surface area contributed by atoms with E-state index in [0.717, 1.165) is 0 Å². The third kappa shape index (κ3) is 8.96. The van der Waals surface area contributed by atoms with E-state index in [9.17, 15) is 0 Å². The minimum absolute atomic E-state index is 0.146. The first kappa shape index (κ1) is 35.9. The molecule has 1 fully saturated rings. The van der Waals surface area contributed by atoms with Crippen LogP contribution in [0.4, 0.5) is 0 Å². The summed E-state index contributed by atoms with van der Waals surface area (Å²) in [5.41, 5.74) is -0.584. The van der Waals surface area contributed by atoms with E-state index in [1.807, 2.05) is 0 Å². The van der Waals surface area contributed by atoms with Crippen LogP contribution in [0.5, 0.6) is 0 Å². The summed E-state index contributed by atoms with van der Waals surface area (Å²) in [6, 6.07) is 0. The van der Waals surface area contributed by atoms with Crippen molar-refractivity contribution in [2.45, 2.75) is 232 Å². The Morgan fingerprint density at radius 2 is 0.395 bits per heavy atom. The second-order valence-electron chi connectivity index (χ2n) is 13.0. The number of hydrogen-bond acceptors (Lipinski definition) is 2. The van der Waals surface area contributed by atoms with Gasteiger partial charge in [0.25, 0.3) is 0 Å². The molecule has 1 rings (SSSR count). The summed E-state index contributed by atoms with van der Waals surface area (Å²) in [5.74, 6) is 0. The van der Waals surface area contributed by atoms with Gasteiger partial charge >= 0.3 is 0 Å². The molecule has 0 aromatic rings. The van der Waals surface area contributed by atoms with Crippen LogP contribution in [0, 0.1) is 0 Å². The lowest BCUT2D eigenvalue weighted by Crippen LogP contribution is -2.75. The largest absolute Gasteiger partial charge is 0.363 e. The molecule has 1 aliphatic heterocycles. The molecule has 0 unspecified atom stereocenters. The minimum atomic E-state index is -0.146. The van der Waals surface area contributed by atoms with Gasteiger partial charge in [-0.15, -0.1) is 0 Å². The van der Waals surface area contributed by atoms with Crippen LogP contribution >= 0.6 is 0 Å². The van der Waals surface area contributed by atoms with Gasteiger partial charge in [0.15, 0.2) is 0 Å². The van der Waals surface area contributed by atoms with Crippen LogP contribution in [0.15, 0.2) is 0 Å². The van der Waals surface area contributed by atoms with Gasteiger partial charge in [-0.1, -0.05) is 158 Å². The molecule has 0 atom stereocenters. The van der Waals surface area contributed by atoms with Crippen LogP contribution in [0.2, 0.25) is 0 Å². The highest BCUT2D eigenvalue weighted by Crippen LogP contribution is 2.60. The van der Waals surface area contributed by atoms with Crippen molar-refractivity contribution < 1.29 is 9.47 Å². The molecule has 0 N–H and O–H groups in total. The van der Waals surface area contributed by atoms with Crippen LogP contribution in [-0.4, -0.2) is 22.4 Å². The fourth-order valence-corrected chi connectivity index (χ4v) is 7.55. The summed E-state index contributed by atoms with van der Waals surface area (Å²) >= 11 is 0. The molecule has 0 saturated carbocycles. The Morgan fingerprint density at radius 1 is 0.263 bits per heavy atom. The van der Waals surface area contributed by atoms with E-state index in [4.69, 9.17) is 9.47 Å². The number of ether oxygens (including phenoxy) is 2. The van der Waals surface area contributed by atoms with Gasteiger partial charge in [0.05, 0.1) is 22.4 Å². The lowest BCUT2D eigenvalue weighted by molar-refractivity contribution is -0.405. The molecule has 0 aromatic carbocycles. The first-order valence-corrected chi connectivity index (χ1v) is 17.8. The molecule has 1 aliphatic rings. The van der Waals surface area contributed by atoms with E-state index in [0.29, 0.717) is 0 Å². The van der Waals surface area contributed by atoms with Gasteiger partial charge in [-0.25, -0.2) is 0 Å². The van der Waals surface area contributed by atoms with E-state index in [1.165, 1.54) is 154 Å². The fourth-order valence-electron chi connectivity index (χ4n) is 7.55. The van der Waals surface area contributed by atoms with Crippen LogP contribution in [0.25, 0.3) is 0 Å². The maximum atomic E-state index is 8.17. The van der Waals surface area contributed by atoms with Crippen molar-refractivity contribution in [1.82, 2.24) is 0 Å². The first-order valence-electron chi connectivity index (χ1n) is 17.8.